The van der Waals surface area contributed by atoms with Gasteiger partial charge in [-0.2, -0.15) is 0 Å². The second-order valence-corrected chi connectivity index (χ2v) is 5.46. The molecule has 1 heterocycles. The Balaban J connectivity index is 2.14. The molecule has 7 nitrogen and oxygen atoms in total. The van der Waals surface area contributed by atoms with E-state index in [2.05, 4.69) is 11.9 Å². The summed E-state index contributed by atoms with van der Waals surface area (Å²) in [6.07, 6.45) is 1.43. The highest BCUT2D eigenvalue weighted by atomic mass is 16.5. The Kier molecular flexibility index (Phi) is 6.20. The van der Waals surface area contributed by atoms with Gasteiger partial charge in [-0.05, 0) is 17.7 Å². The average molecular weight is 334 g/mol. The molecular weight excluding hydrogens is 312 g/mol. The lowest BCUT2D eigenvalue weighted by atomic mass is 10.1. The molecule has 130 valence electrons. The summed E-state index contributed by atoms with van der Waals surface area (Å²) in [5, 5.41) is 11.7. The van der Waals surface area contributed by atoms with E-state index in [0.717, 1.165) is 5.56 Å². The molecule has 0 aliphatic carbocycles. The summed E-state index contributed by atoms with van der Waals surface area (Å²) in [5.74, 6) is -0.0421. The predicted octanol–water partition coefficient (Wildman–Crippen LogP) is 1.04. The number of methoxy groups -OCH3 is 1. The van der Waals surface area contributed by atoms with Crippen molar-refractivity contribution in [2.24, 2.45) is 0 Å². The van der Waals surface area contributed by atoms with Crippen molar-refractivity contribution in [3.63, 3.8) is 0 Å². The molecule has 1 aliphatic heterocycles. The number of carbonyl (C=O) groups excluding carboxylic acids is 1. The first-order chi connectivity index (χ1) is 11.5. The number of aliphatic carboxylic acids is 1. The molecule has 0 spiro atoms. The molecule has 24 heavy (non-hydrogen) atoms. The maximum Gasteiger partial charge on any atom is 0.305 e. The third-order valence-corrected chi connectivity index (χ3v) is 3.78. The summed E-state index contributed by atoms with van der Waals surface area (Å²) in [5.41, 5.74) is 0.919. The van der Waals surface area contributed by atoms with Gasteiger partial charge in [0.2, 0.25) is 5.91 Å². The molecule has 0 saturated carbocycles. The number of benzene rings is 1. The number of carbonyl (C=O) groups is 2. The van der Waals surface area contributed by atoms with Crippen molar-refractivity contribution in [2.45, 2.75) is 19.0 Å². The van der Waals surface area contributed by atoms with E-state index in [1.807, 2.05) is 17.0 Å². The van der Waals surface area contributed by atoms with Gasteiger partial charge in [-0.1, -0.05) is 18.7 Å². The molecular formula is C17H22N2O5. The Morgan fingerprint density at radius 2 is 2.29 bits per heavy atom. The Bertz CT molecular complexity index is 617. The molecule has 2 N–H and O–H groups in total. The van der Waals surface area contributed by atoms with Crippen LogP contribution in [0.2, 0.25) is 0 Å². The summed E-state index contributed by atoms with van der Waals surface area (Å²) in [4.78, 5) is 24.8. The minimum absolute atomic E-state index is 0.219. The van der Waals surface area contributed by atoms with Crippen LogP contribution in [-0.2, 0) is 16.1 Å². The fourth-order valence-corrected chi connectivity index (χ4v) is 2.65. The zero-order valence-electron chi connectivity index (χ0n) is 13.7. The smallest absolute Gasteiger partial charge is 0.305 e. The van der Waals surface area contributed by atoms with Gasteiger partial charge in [0.25, 0.3) is 0 Å². The van der Waals surface area contributed by atoms with Crippen molar-refractivity contribution in [2.75, 3.05) is 26.8 Å². The summed E-state index contributed by atoms with van der Waals surface area (Å²) in [6.45, 7) is 5.55. The number of hydrogen-bond acceptors (Lipinski definition) is 5. The first-order valence-electron chi connectivity index (χ1n) is 7.69. The highest BCUT2D eigenvalue weighted by Crippen LogP contribution is 2.29. The molecule has 1 aromatic rings. The fraction of sp³-hybridized carbons (Fsp3) is 0.412. The van der Waals surface area contributed by atoms with Gasteiger partial charge < -0.3 is 19.9 Å². The zero-order chi connectivity index (χ0) is 17.5. The number of rotatable bonds is 8. The molecule has 0 bridgehead atoms. The largest absolute Gasteiger partial charge is 0.493 e. The fourth-order valence-electron chi connectivity index (χ4n) is 2.65. The number of ether oxygens (including phenoxy) is 2. The van der Waals surface area contributed by atoms with E-state index in [4.69, 9.17) is 14.6 Å². The minimum atomic E-state index is -0.993. The zero-order valence-corrected chi connectivity index (χ0v) is 13.7. The van der Waals surface area contributed by atoms with E-state index in [1.165, 1.54) is 0 Å². The summed E-state index contributed by atoms with van der Waals surface area (Å²) in [6, 6.07) is 4.85. The van der Waals surface area contributed by atoms with E-state index in [-0.39, 0.29) is 12.3 Å². The lowest BCUT2D eigenvalue weighted by Gasteiger charge is -2.34. The van der Waals surface area contributed by atoms with Crippen LogP contribution in [0.3, 0.4) is 0 Å². The van der Waals surface area contributed by atoms with Crippen LogP contribution >= 0.6 is 0 Å². The van der Waals surface area contributed by atoms with Crippen molar-refractivity contribution in [3.05, 3.63) is 36.4 Å². The second-order valence-electron chi connectivity index (χ2n) is 5.46. The van der Waals surface area contributed by atoms with Crippen molar-refractivity contribution in [1.82, 2.24) is 10.2 Å². The number of nitrogens with one attached hydrogen (secondary N) is 1. The number of amides is 1. The standard InChI is InChI=1S/C17H22N2O5/c1-3-8-24-14-5-4-12(9-15(14)23-2)11-19-7-6-18-17(22)13(19)10-16(20)21/h3-5,9,13H,1,6-8,10-11H2,2H3,(H,18,22)(H,20,21). The molecule has 1 saturated heterocycles. The van der Waals surface area contributed by atoms with Gasteiger partial charge in [-0.15, -0.1) is 0 Å². The molecule has 1 aromatic carbocycles. The molecule has 0 radical (unpaired) electrons. The monoisotopic (exact) mass is 334 g/mol. The highest BCUT2D eigenvalue weighted by Gasteiger charge is 2.31. The van der Waals surface area contributed by atoms with E-state index in [0.29, 0.717) is 37.7 Å². The molecule has 7 heteroatoms. The molecule has 1 unspecified atom stereocenters. The van der Waals surface area contributed by atoms with E-state index in [9.17, 15) is 9.59 Å². The van der Waals surface area contributed by atoms with Crippen molar-refractivity contribution in [3.8, 4) is 11.5 Å². The number of nitrogens with zero attached hydrogens (tertiary/aromatic N) is 1. The van der Waals surface area contributed by atoms with Crippen LogP contribution in [0.25, 0.3) is 0 Å². The first kappa shape index (κ1) is 17.8. The second kappa shape index (κ2) is 8.35. The Hall–Kier alpha value is -2.54. The number of carboxylic acid groups (broad SMARTS) is 1. The predicted molar refractivity (Wildman–Crippen MR) is 88.1 cm³/mol. The SMILES string of the molecule is C=CCOc1ccc(CN2CCNC(=O)C2CC(=O)O)cc1OC. The maximum atomic E-state index is 12.0. The van der Waals surface area contributed by atoms with Crippen LogP contribution in [-0.4, -0.2) is 54.7 Å². The summed E-state index contributed by atoms with van der Waals surface area (Å²) < 4.78 is 10.8. The minimum Gasteiger partial charge on any atom is -0.493 e. The van der Waals surface area contributed by atoms with Gasteiger partial charge in [-0.3, -0.25) is 14.5 Å². The Morgan fingerprint density at radius 3 is 2.96 bits per heavy atom. The van der Waals surface area contributed by atoms with Crippen molar-refractivity contribution >= 4 is 11.9 Å². The maximum absolute atomic E-state index is 12.0. The van der Waals surface area contributed by atoms with Crippen LogP contribution in [0.15, 0.2) is 30.9 Å². The summed E-state index contributed by atoms with van der Waals surface area (Å²) >= 11 is 0. The number of piperazine rings is 1. The van der Waals surface area contributed by atoms with Crippen LogP contribution < -0.4 is 14.8 Å². The third-order valence-electron chi connectivity index (χ3n) is 3.78. The third kappa shape index (κ3) is 4.48. The molecule has 0 aromatic heterocycles. The molecule has 2 rings (SSSR count). The van der Waals surface area contributed by atoms with Crippen LogP contribution in [0, 0.1) is 0 Å². The van der Waals surface area contributed by atoms with E-state index >= 15 is 0 Å². The highest BCUT2D eigenvalue weighted by molar-refractivity contribution is 5.86. The molecule has 1 amide bonds. The Labute approximate surface area is 140 Å². The number of carboxylic acids is 1. The number of hydrogen-bond donors (Lipinski definition) is 2. The van der Waals surface area contributed by atoms with Crippen molar-refractivity contribution < 1.29 is 24.2 Å². The van der Waals surface area contributed by atoms with Gasteiger partial charge in [-0.25, -0.2) is 0 Å². The first-order valence-corrected chi connectivity index (χ1v) is 7.69. The van der Waals surface area contributed by atoms with Crippen LogP contribution in [0.4, 0.5) is 0 Å². The lowest BCUT2D eigenvalue weighted by molar-refractivity contribution is -0.143. The Morgan fingerprint density at radius 1 is 1.50 bits per heavy atom. The van der Waals surface area contributed by atoms with Gasteiger partial charge >= 0.3 is 5.97 Å². The molecule has 1 fully saturated rings. The summed E-state index contributed by atoms with van der Waals surface area (Å²) in [7, 11) is 1.56. The van der Waals surface area contributed by atoms with Crippen LogP contribution in [0.1, 0.15) is 12.0 Å². The van der Waals surface area contributed by atoms with Crippen LogP contribution in [0.5, 0.6) is 11.5 Å². The van der Waals surface area contributed by atoms with E-state index < -0.39 is 12.0 Å². The van der Waals surface area contributed by atoms with Crippen molar-refractivity contribution in [1.29, 1.82) is 0 Å². The quantitative estimate of drug-likeness (QED) is 0.691. The molecule has 1 aliphatic rings. The normalized spacial score (nSPS) is 17.9. The molecule has 1 atom stereocenters. The van der Waals surface area contributed by atoms with Gasteiger partial charge in [0.05, 0.1) is 13.5 Å². The topological polar surface area (TPSA) is 88.1 Å². The lowest BCUT2D eigenvalue weighted by Crippen LogP contribution is -2.55. The van der Waals surface area contributed by atoms with Gasteiger partial charge in [0, 0.05) is 19.6 Å². The van der Waals surface area contributed by atoms with Gasteiger partial charge in [0.15, 0.2) is 11.5 Å². The average Bonchev–Trinajstić information content (AvgIpc) is 2.56. The van der Waals surface area contributed by atoms with E-state index in [1.54, 1.807) is 19.3 Å². The van der Waals surface area contributed by atoms with Gasteiger partial charge in [0.1, 0.15) is 12.6 Å².